The van der Waals surface area contributed by atoms with E-state index in [1.54, 1.807) is 0 Å². The lowest BCUT2D eigenvalue weighted by Crippen LogP contribution is -2.52. The van der Waals surface area contributed by atoms with E-state index in [4.69, 9.17) is 4.74 Å². The second-order valence-electron chi connectivity index (χ2n) is 7.57. The molecule has 0 radical (unpaired) electrons. The molecule has 0 aliphatic carbocycles. The number of aromatic nitrogens is 3. The molecule has 1 aromatic carbocycles. The van der Waals surface area contributed by atoms with Crippen molar-refractivity contribution in [2.45, 2.75) is 38.9 Å². The van der Waals surface area contributed by atoms with Crippen LogP contribution in [0.15, 0.2) is 30.5 Å². The minimum absolute atomic E-state index is 0.0257. The summed E-state index contributed by atoms with van der Waals surface area (Å²) in [5.74, 6) is -0.0484. The first kappa shape index (κ1) is 23.2. The van der Waals surface area contributed by atoms with Crippen molar-refractivity contribution in [1.82, 2.24) is 25.2 Å². The summed E-state index contributed by atoms with van der Waals surface area (Å²) in [7, 11) is 0. The molecule has 170 valence electrons. The van der Waals surface area contributed by atoms with Gasteiger partial charge in [-0.2, -0.15) is 13.2 Å². The fourth-order valence-electron chi connectivity index (χ4n) is 4.02. The highest BCUT2D eigenvalue weighted by Crippen LogP contribution is 2.33. The average Bonchev–Trinajstić information content (AvgIpc) is 3.27. The van der Waals surface area contributed by atoms with E-state index in [-0.39, 0.29) is 17.4 Å². The third kappa shape index (κ3) is 5.62. The summed E-state index contributed by atoms with van der Waals surface area (Å²) in [6.07, 6.45) is -1.34. The van der Waals surface area contributed by atoms with Crippen LogP contribution >= 0.6 is 0 Å². The number of alkyl halides is 3. The maximum absolute atomic E-state index is 13.3. The number of ether oxygens (including phenoxy) is 1. The van der Waals surface area contributed by atoms with Gasteiger partial charge in [0, 0.05) is 25.7 Å². The summed E-state index contributed by atoms with van der Waals surface area (Å²) >= 11 is 0. The first-order valence-electron chi connectivity index (χ1n) is 10.5. The maximum atomic E-state index is 13.3. The summed E-state index contributed by atoms with van der Waals surface area (Å²) in [5, 5.41) is 10.4. The van der Waals surface area contributed by atoms with Crippen LogP contribution in [-0.4, -0.2) is 64.7 Å². The Morgan fingerprint density at radius 3 is 2.52 bits per heavy atom. The van der Waals surface area contributed by atoms with Gasteiger partial charge in [-0.3, -0.25) is 9.69 Å². The Labute approximate surface area is 179 Å². The minimum atomic E-state index is -4.54. The summed E-state index contributed by atoms with van der Waals surface area (Å²) in [5.41, 5.74) is -1.04. The van der Waals surface area contributed by atoms with Gasteiger partial charge in [-0.05, 0) is 18.1 Å². The molecular formula is C21H28F3N5O2. The van der Waals surface area contributed by atoms with Crippen molar-refractivity contribution < 1.29 is 22.7 Å². The largest absolute Gasteiger partial charge is 0.418 e. The summed E-state index contributed by atoms with van der Waals surface area (Å²) in [6, 6.07) is 5.21. The van der Waals surface area contributed by atoms with Crippen LogP contribution in [0.3, 0.4) is 0 Å². The lowest BCUT2D eigenvalue weighted by molar-refractivity contribution is -0.137. The third-order valence-corrected chi connectivity index (χ3v) is 5.76. The van der Waals surface area contributed by atoms with Crippen LogP contribution < -0.4 is 5.32 Å². The molecule has 1 aromatic heterocycles. The Hall–Kier alpha value is -2.46. The zero-order chi connectivity index (χ0) is 22.4. The molecule has 1 aliphatic rings. The van der Waals surface area contributed by atoms with Crippen molar-refractivity contribution in [3.63, 3.8) is 0 Å². The number of hydrogen-bond acceptors (Lipinski definition) is 5. The molecule has 2 heterocycles. The molecule has 3 rings (SSSR count). The van der Waals surface area contributed by atoms with Crippen LogP contribution in [0.5, 0.6) is 0 Å². The fourth-order valence-corrected chi connectivity index (χ4v) is 4.02. The second-order valence-corrected chi connectivity index (χ2v) is 7.57. The molecule has 1 saturated heterocycles. The Bertz CT molecular complexity index is 861. The lowest BCUT2D eigenvalue weighted by Gasteiger charge is -2.38. The topological polar surface area (TPSA) is 72.3 Å². The normalized spacial score (nSPS) is 16.5. The van der Waals surface area contributed by atoms with Crippen LogP contribution in [0.1, 0.15) is 42.7 Å². The predicted octanol–water partition coefficient (Wildman–Crippen LogP) is 3.15. The minimum Gasteiger partial charge on any atom is -0.379 e. The van der Waals surface area contributed by atoms with Crippen LogP contribution in [0.2, 0.25) is 0 Å². The van der Waals surface area contributed by atoms with E-state index in [1.165, 1.54) is 24.4 Å². The average molecular weight is 439 g/mol. The van der Waals surface area contributed by atoms with Gasteiger partial charge in [-0.25, -0.2) is 4.68 Å². The van der Waals surface area contributed by atoms with Gasteiger partial charge in [0.2, 0.25) is 0 Å². The predicted molar refractivity (Wildman–Crippen MR) is 109 cm³/mol. The molecule has 0 saturated carbocycles. The van der Waals surface area contributed by atoms with Crippen LogP contribution in [0.4, 0.5) is 13.2 Å². The fraction of sp³-hybridized carbons (Fsp3) is 0.571. The summed E-state index contributed by atoms with van der Waals surface area (Å²) in [4.78, 5) is 15.0. The molecule has 7 nitrogen and oxygen atoms in total. The number of nitrogens with zero attached hydrogens (tertiary/aromatic N) is 4. The Balaban J connectivity index is 1.72. The number of rotatable bonds is 8. The van der Waals surface area contributed by atoms with Crippen molar-refractivity contribution in [2.75, 3.05) is 32.8 Å². The number of amides is 1. The second kappa shape index (κ2) is 10.2. The van der Waals surface area contributed by atoms with Crippen molar-refractivity contribution in [2.24, 2.45) is 5.92 Å². The lowest BCUT2D eigenvalue weighted by atomic mass is 9.92. The number of nitrogens with one attached hydrogen (secondary N) is 1. The third-order valence-electron chi connectivity index (χ3n) is 5.76. The monoisotopic (exact) mass is 439 g/mol. The van der Waals surface area contributed by atoms with Gasteiger partial charge >= 0.3 is 6.18 Å². The van der Waals surface area contributed by atoms with Crippen LogP contribution in [0, 0.1) is 5.92 Å². The zero-order valence-corrected chi connectivity index (χ0v) is 17.7. The summed E-state index contributed by atoms with van der Waals surface area (Å²) in [6.45, 7) is 7.63. The van der Waals surface area contributed by atoms with Crippen molar-refractivity contribution in [1.29, 1.82) is 0 Å². The Morgan fingerprint density at radius 2 is 1.87 bits per heavy atom. The molecule has 2 aromatic rings. The van der Waals surface area contributed by atoms with Gasteiger partial charge in [0.1, 0.15) is 0 Å². The number of halogens is 3. The molecule has 1 amide bonds. The van der Waals surface area contributed by atoms with E-state index in [0.717, 1.165) is 36.7 Å². The summed E-state index contributed by atoms with van der Waals surface area (Å²) < 4.78 is 46.2. The molecule has 31 heavy (non-hydrogen) atoms. The van der Waals surface area contributed by atoms with Gasteiger partial charge in [-0.1, -0.05) is 44.0 Å². The standard InChI is InChI=1S/C21H28F3N5O2/c1-3-15(4-2)19(28-9-11-31-12-10-28)13-25-20(30)17-14-29(27-26-17)18-8-6-5-7-16(18)21(22,23)24/h5-8,14-15,19H,3-4,9-13H2,1-2H3,(H,25,30). The zero-order valence-electron chi connectivity index (χ0n) is 17.7. The number of carbonyl (C=O) groups is 1. The number of para-hydroxylation sites is 1. The van der Waals surface area contributed by atoms with E-state index in [1.807, 2.05) is 0 Å². The van der Waals surface area contributed by atoms with E-state index < -0.39 is 17.6 Å². The molecule has 10 heteroatoms. The first-order chi connectivity index (χ1) is 14.8. The van der Waals surface area contributed by atoms with E-state index in [9.17, 15) is 18.0 Å². The molecular weight excluding hydrogens is 411 g/mol. The highest BCUT2D eigenvalue weighted by atomic mass is 19.4. The van der Waals surface area contributed by atoms with Gasteiger partial charge in [0.15, 0.2) is 5.69 Å². The molecule has 0 bridgehead atoms. The molecule has 1 N–H and O–H groups in total. The van der Waals surface area contributed by atoms with Crippen molar-refractivity contribution in [3.05, 3.63) is 41.7 Å². The molecule has 1 atom stereocenters. The number of benzene rings is 1. The smallest absolute Gasteiger partial charge is 0.379 e. The van der Waals surface area contributed by atoms with Crippen molar-refractivity contribution >= 4 is 5.91 Å². The van der Waals surface area contributed by atoms with E-state index in [2.05, 4.69) is 34.4 Å². The van der Waals surface area contributed by atoms with E-state index >= 15 is 0 Å². The Morgan fingerprint density at radius 1 is 1.19 bits per heavy atom. The van der Waals surface area contributed by atoms with Gasteiger partial charge in [-0.15, -0.1) is 5.10 Å². The van der Waals surface area contributed by atoms with Gasteiger partial charge in [0.25, 0.3) is 5.91 Å². The van der Waals surface area contributed by atoms with Crippen LogP contribution in [-0.2, 0) is 10.9 Å². The highest BCUT2D eigenvalue weighted by Gasteiger charge is 2.34. The molecule has 1 aliphatic heterocycles. The molecule has 1 fully saturated rings. The quantitative estimate of drug-likeness (QED) is 0.684. The van der Waals surface area contributed by atoms with E-state index in [0.29, 0.717) is 25.7 Å². The van der Waals surface area contributed by atoms with Gasteiger partial charge < -0.3 is 10.1 Å². The van der Waals surface area contributed by atoms with Crippen LogP contribution in [0.25, 0.3) is 5.69 Å². The maximum Gasteiger partial charge on any atom is 0.418 e. The number of morpholine rings is 1. The molecule has 1 unspecified atom stereocenters. The first-order valence-corrected chi connectivity index (χ1v) is 10.5. The SMILES string of the molecule is CCC(CC)C(CNC(=O)c1cn(-c2ccccc2C(F)(F)F)nn1)N1CCOCC1. The van der Waals surface area contributed by atoms with Gasteiger partial charge in [0.05, 0.1) is 30.7 Å². The highest BCUT2D eigenvalue weighted by molar-refractivity contribution is 5.91. The number of carbonyl (C=O) groups excluding carboxylic acids is 1. The van der Waals surface area contributed by atoms with Crippen molar-refractivity contribution in [3.8, 4) is 5.69 Å². The molecule has 0 spiro atoms. The number of hydrogen-bond donors (Lipinski definition) is 1. The Kier molecular flexibility index (Phi) is 7.66.